The average molecular weight is 288 g/mol. The molecular formula is C12H15BrFNO. The predicted molar refractivity (Wildman–Crippen MR) is 64.6 cm³/mol. The Bertz CT molecular complexity index is 379. The third-order valence-electron chi connectivity index (χ3n) is 3.11. The third-order valence-corrected chi connectivity index (χ3v) is 3.71. The Labute approximate surface area is 103 Å². The van der Waals surface area contributed by atoms with E-state index in [0.29, 0.717) is 11.0 Å². The molecule has 1 aliphatic rings. The van der Waals surface area contributed by atoms with Crippen LogP contribution < -0.4 is 5.32 Å². The summed E-state index contributed by atoms with van der Waals surface area (Å²) in [5, 5.41) is 12.4. The van der Waals surface area contributed by atoms with Gasteiger partial charge in [0.05, 0.1) is 4.47 Å². The summed E-state index contributed by atoms with van der Waals surface area (Å²) in [5.41, 5.74) is 1.17. The molecule has 1 aromatic rings. The number of halogens is 2. The number of benzene rings is 1. The second-order valence-electron chi connectivity index (χ2n) is 4.51. The molecule has 2 nitrogen and oxygen atoms in total. The summed E-state index contributed by atoms with van der Waals surface area (Å²) in [7, 11) is 0. The summed E-state index contributed by atoms with van der Waals surface area (Å²) < 4.78 is 13.5. The largest absolute Gasteiger partial charge is 0.396 e. The zero-order valence-corrected chi connectivity index (χ0v) is 10.6. The van der Waals surface area contributed by atoms with E-state index in [0.717, 1.165) is 24.9 Å². The maximum atomic E-state index is 13.0. The zero-order valence-electron chi connectivity index (χ0n) is 8.97. The van der Waals surface area contributed by atoms with Crippen LogP contribution in [0.1, 0.15) is 18.4 Å². The average Bonchev–Trinajstić information content (AvgIpc) is 3.04. The van der Waals surface area contributed by atoms with Gasteiger partial charge in [0.15, 0.2) is 0 Å². The maximum Gasteiger partial charge on any atom is 0.137 e. The van der Waals surface area contributed by atoms with E-state index in [4.69, 9.17) is 5.11 Å². The molecule has 0 atom stereocenters. The summed E-state index contributed by atoms with van der Waals surface area (Å²) in [6, 6.07) is 5.01. The highest BCUT2D eigenvalue weighted by Crippen LogP contribution is 2.44. The fourth-order valence-corrected chi connectivity index (χ4v) is 2.12. The summed E-state index contributed by atoms with van der Waals surface area (Å²) in [5.74, 6) is -0.238. The van der Waals surface area contributed by atoms with Gasteiger partial charge in [-0.1, -0.05) is 6.07 Å². The normalized spacial score (nSPS) is 17.4. The molecule has 1 aromatic carbocycles. The van der Waals surface area contributed by atoms with Gasteiger partial charge in [0.2, 0.25) is 0 Å². The lowest BCUT2D eigenvalue weighted by atomic mass is 10.1. The number of aliphatic hydroxyl groups is 1. The molecule has 0 aliphatic heterocycles. The van der Waals surface area contributed by atoms with E-state index >= 15 is 0 Å². The molecule has 0 heterocycles. The summed E-state index contributed by atoms with van der Waals surface area (Å²) in [4.78, 5) is 0. The van der Waals surface area contributed by atoms with Gasteiger partial charge in [-0.2, -0.15) is 0 Å². The first-order chi connectivity index (χ1) is 7.65. The van der Waals surface area contributed by atoms with Gasteiger partial charge in [-0.15, -0.1) is 0 Å². The molecule has 0 amide bonds. The molecule has 0 saturated heterocycles. The van der Waals surface area contributed by atoms with Gasteiger partial charge >= 0.3 is 0 Å². The van der Waals surface area contributed by atoms with Crippen LogP contribution in [0.3, 0.4) is 0 Å². The number of hydrogen-bond acceptors (Lipinski definition) is 2. The molecule has 88 valence electrons. The van der Waals surface area contributed by atoms with Crippen molar-refractivity contribution in [2.45, 2.75) is 19.4 Å². The van der Waals surface area contributed by atoms with Crippen LogP contribution in [0.2, 0.25) is 0 Å². The summed E-state index contributed by atoms with van der Waals surface area (Å²) in [6.45, 7) is 1.80. The van der Waals surface area contributed by atoms with Crippen LogP contribution in [0, 0.1) is 11.2 Å². The minimum atomic E-state index is -0.238. The highest BCUT2D eigenvalue weighted by Gasteiger charge is 2.41. The van der Waals surface area contributed by atoms with Crippen molar-refractivity contribution in [1.82, 2.24) is 5.32 Å². The second kappa shape index (κ2) is 4.82. The summed E-state index contributed by atoms with van der Waals surface area (Å²) in [6.07, 6.45) is 2.20. The minimum absolute atomic E-state index is 0.122. The van der Waals surface area contributed by atoms with Gasteiger partial charge in [-0.05, 0) is 46.5 Å². The zero-order chi connectivity index (χ0) is 11.6. The molecule has 4 heteroatoms. The van der Waals surface area contributed by atoms with Crippen LogP contribution in [-0.4, -0.2) is 18.3 Å². The van der Waals surface area contributed by atoms with Crippen molar-refractivity contribution in [3.63, 3.8) is 0 Å². The van der Waals surface area contributed by atoms with Crippen LogP contribution in [0.15, 0.2) is 22.7 Å². The van der Waals surface area contributed by atoms with E-state index in [9.17, 15) is 4.39 Å². The Balaban J connectivity index is 1.83. The lowest BCUT2D eigenvalue weighted by Crippen LogP contribution is -2.26. The number of hydrogen-bond donors (Lipinski definition) is 2. The molecule has 0 bridgehead atoms. The Morgan fingerprint density at radius 1 is 1.44 bits per heavy atom. The van der Waals surface area contributed by atoms with Gasteiger partial charge in [0.1, 0.15) is 5.82 Å². The quantitative estimate of drug-likeness (QED) is 0.872. The molecule has 0 radical (unpaired) electrons. The van der Waals surface area contributed by atoms with Crippen molar-refractivity contribution in [3.05, 3.63) is 34.1 Å². The minimum Gasteiger partial charge on any atom is -0.396 e. The van der Waals surface area contributed by atoms with Crippen molar-refractivity contribution < 1.29 is 9.50 Å². The Kier molecular flexibility index (Phi) is 3.62. The van der Waals surface area contributed by atoms with Crippen LogP contribution >= 0.6 is 15.9 Å². The van der Waals surface area contributed by atoms with E-state index < -0.39 is 0 Å². The molecule has 1 saturated carbocycles. The van der Waals surface area contributed by atoms with E-state index in [1.807, 2.05) is 0 Å². The van der Waals surface area contributed by atoms with Gasteiger partial charge in [0.25, 0.3) is 0 Å². The van der Waals surface area contributed by atoms with Crippen LogP contribution in [0.25, 0.3) is 0 Å². The van der Waals surface area contributed by atoms with Crippen LogP contribution in [0.4, 0.5) is 4.39 Å². The molecule has 0 unspecified atom stereocenters. The van der Waals surface area contributed by atoms with E-state index in [1.165, 1.54) is 6.07 Å². The van der Waals surface area contributed by atoms with Crippen LogP contribution in [0.5, 0.6) is 0 Å². The van der Waals surface area contributed by atoms with Gasteiger partial charge in [-0.3, -0.25) is 0 Å². The first-order valence-corrected chi connectivity index (χ1v) is 6.20. The number of nitrogens with one attached hydrogen (secondary N) is 1. The highest BCUT2D eigenvalue weighted by molar-refractivity contribution is 9.10. The van der Waals surface area contributed by atoms with Gasteiger partial charge < -0.3 is 10.4 Å². The predicted octanol–water partition coefficient (Wildman–Crippen LogP) is 2.45. The number of aliphatic hydroxyl groups excluding tert-OH is 1. The Morgan fingerprint density at radius 2 is 2.19 bits per heavy atom. The molecule has 1 fully saturated rings. The lowest BCUT2D eigenvalue weighted by molar-refractivity contribution is 0.207. The van der Waals surface area contributed by atoms with E-state index in [-0.39, 0.29) is 17.8 Å². The Morgan fingerprint density at radius 3 is 2.75 bits per heavy atom. The van der Waals surface area contributed by atoms with Crippen molar-refractivity contribution in [3.8, 4) is 0 Å². The second-order valence-corrected chi connectivity index (χ2v) is 5.36. The maximum absolute atomic E-state index is 13.0. The van der Waals surface area contributed by atoms with Crippen molar-refractivity contribution in [2.24, 2.45) is 5.41 Å². The molecule has 0 spiro atoms. The fraction of sp³-hybridized carbons (Fsp3) is 0.500. The topological polar surface area (TPSA) is 32.3 Å². The van der Waals surface area contributed by atoms with Crippen molar-refractivity contribution in [1.29, 1.82) is 0 Å². The molecule has 1 aliphatic carbocycles. The highest BCUT2D eigenvalue weighted by atomic mass is 79.9. The lowest BCUT2D eigenvalue weighted by Gasteiger charge is -2.12. The molecule has 2 N–H and O–H groups in total. The molecule has 0 aromatic heterocycles. The smallest absolute Gasteiger partial charge is 0.137 e. The standard InChI is InChI=1S/C12H15BrFNO/c13-10-5-9(1-2-11(10)14)6-15-7-12(8-16)3-4-12/h1-2,5,15-16H,3-4,6-8H2. The number of rotatable bonds is 5. The first-order valence-electron chi connectivity index (χ1n) is 5.41. The first kappa shape index (κ1) is 12.0. The van der Waals surface area contributed by atoms with Crippen molar-refractivity contribution in [2.75, 3.05) is 13.2 Å². The molecule has 16 heavy (non-hydrogen) atoms. The third kappa shape index (κ3) is 2.81. The molecular weight excluding hydrogens is 273 g/mol. The van der Waals surface area contributed by atoms with Crippen LogP contribution in [-0.2, 0) is 6.54 Å². The monoisotopic (exact) mass is 287 g/mol. The van der Waals surface area contributed by atoms with Gasteiger partial charge in [0, 0.05) is 25.1 Å². The molecule has 2 rings (SSSR count). The summed E-state index contributed by atoms with van der Waals surface area (Å²) >= 11 is 3.16. The van der Waals surface area contributed by atoms with E-state index in [1.54, 1.807) is 12.1 Å². The SMILES string of the molecule is OCC1(CNCc2ccc(F)c(Br)c2)CC1. The van der Waals surface area contributed by atoms with E-state index in [2.05, 4.69) is 21.2 Å². The Hall–Kier alpha value is -0.450. The fourth-order valence-electron chi connectivity index (χ4n) is 1.69. The van der Waals surface area contributed by atoms with Crippen molar-refractivity contribution >= 4 is 15.9 Å². The van der Waals surface area contributed by atoms with Gasteiger partial charge in [-0.25, -0.2) is 4.39 Å².